The van der Waals surface area contributed by atoms with Crippen molar-refractivity contribution in [2.45, 2.75) is 11.8 Å². The highest BCUT2D eigenvalue weighted by Crippen LogP contribution is 2.23. The topological polar surface area (TPSA) is 144 Å². The van der Waals surface area contributed by atoms with Gasteiger partial charge in [0.2, 0.25) is 5.95 Å². The molecule has 4 aromatic rings. The maximum absolute atomic E-state index is 11.7. The van der Waals surface area contributed by atoms with Gasteiger partial charge in [0.05, 0.1) is 15.5 Å². The monoisotopic (exact) mass is 467 g/mol. The fourth-order valence-corrected chi connectivity index (χ4v) is 3.91. The van der Waals surface area contributed by atoms with Gasteiger partial charge in [0.1, 0.15) is 17.2 Å². The number of hydrogen-bond donors (Lipinski definition) is 2. The van der Waals surface area contributed by atoms with E-state index in [9.17, 15) is 18.5 Å². The standard InChI is InChI=1S/C21H21N7O4S/c1-14-18(28(29)30)7-8-19(25-14)22-9-10-24-21-26-17(13-20-23-11-12-27(20)21)15-3-5-16(6-4-15)33(2,31)32/h3-8,11-13H,9-10H2,1-2H3,(H,22,25)(H,24,26). The van der Waals surface area contributed by atoms with Gasteiger partial charge in [-0.1, -0.05) is 12.1 Å². The number of anilines is 2. The molecule has 33 heavy (non-hydrogen) atoms. The summed E-state index contributed by atoms with van der Waals surface area (Å²) in [6, 6.07) is 11.3. The summed E-state index contributed by atoms with van der Waals surface area (Å²) in [5, 5.41) is 17.3. The molecular formula is C21H21N7O4S. The number of nitro groups is 1. The van der Waals surface area contributed by atoms with Crippen LogP contribution < -0.4 is 10.6 Å². The number of imidazole rings is 1. The predicted molar refractivity (Wildman–Crippen MR) is 124 cm³/mol. The van der Waals surface area contributed by atoms with Crippen molar-refractivity contribution in [3.05, 3.63) is 70.7 Å². The molecule has 4 rings (SSSR count). The third-order valence-corrected chi connectivity index (χ3v) is 6.07. The van der Waals surface area contributed by atoms with Crippen molar-refractivity contribution in [1.29, 1.82) is 0 Å². The van der Waals surface area contributed by atoms with Crippen LogP contribution in [0.4, 0.5) is 17.5 Å². The summed E-state index contributed by atoms with van der Waals surface area (Å²) in [5.74, 6) is 1.11. The molecule has 11 nitrogen and oxygen atoms in total. The van der Waals surface area contributed by atoms with Crippen molar-refractivity contribution < 1.29 is 13.3 Å². The van der Waals surface area contributed by atoms with Crippen molar-refractivity contribution in [2.24, 2.45) is 0 Å². The number of nitrogens with one attached hydrogen (secondary N) is 2. The number of rotatable bonds is 8. The van der Waals surface area contributed by atoms with Gasteiger partial charge in [0.15, 0.2) is 9.84 Å². The van der Waals surface area contributed by atoms with Crippen LogP contribution in [-0.4, -0.2) is 52.0 Å². The number of aromatic nitrogens is 4. The molecule has 0 fully saturated rings. The van der Waals surface area contributed by atoms with Crippen LogP contribution in [-0.2, 0) is 9.84 Å². The minimum atomic E-state index is -3.28. The van der Waals surface area contributed by atoms with E-state index in [2.05, 4.69) is 25.6 Å². The van der Waals surface area contributed by atoms with Gasteiger partial charge in [0, 0.05) is 49.4 Å². The number of nitrogens with zero attached hydrogens (tertiary/aromatic N) is 5. The highest BCUT2D eigenvalue weighted by atomic mass is 32.2. The van der Waals surface area contributed by atoms with E-state index in [1.165, 1.54) is 12.3 Å². The Morgan fingerprint density at radius 1 is 1.06 bits per heavy atom. The molecule has 1 aromatic carbocycles. The van der Waals surface area contributed by atoms with Crippen LogP contribution in [0.2, 0.25) is 0 Å². The zero-order chi connectivity index (χ0) is 23.6. The van der Waals surface area contributed by atoms with Crippen molar-refractivity contribution >= 4 is 32.9 Å². The minimum Gasteiger partial charge on any atom is -0.368 e. The predicted octanol–water partition coefficient (Wildman–Crippen LogP) is 2.94. The van der Waals surface area contributed by atoms with Gasteiger partial charge >= 0.3 is 0 Å². The van der Waals surface area contributed by atoms with Crippen molar-refractivity contribution in [3.63, 3.8) is 0 Å². The Morgan fingerprint density at radius 3 is 2.45 bits per heavy atom. The van der Waals surface area contributed by atoms with Gasteiger partial charge in [-0.2, -0.15) is 0 Å². The van der Waals surface area contributed by atoms with E-state index in [1.54, 1.807) is 49.6 Å². The fourth-order valence-electron chi connectivity index (χ4n) is 3.28. The van der Waals surface area contributed by atoms with Crippen LogP contribution in [0.15, 0.2) is 59.8 Å². The highest BCUT2D eigenvalue weighted by Gasteiger charge is 2.12. The van der Waals surface area contributed by atoms with E-state index in [1.807, 2.05) is 10.5 Å². The van der Waals surface area contributed by atoms with E-state index in [-0.39, 0.29) is 10.6 Å². The summed E-state index contributed by atoms with van der Waals surface area (Å²) >= 11 is 0. The molecule has 12 heteroatoms. The quantitative estimate of drug-likeness (QED) is 0.227. The summed E-state index contributed by atoms with van der Waals surface area (Å²) in [4.78, 5) is 23.9. The van der Waals surface area contributed by atoms with Crippen molar-refractivity contribution in [3.8, 4) is 11.3 Å². The third kappa shape index (κ3) is 4.90. The second kappa shape index (κ2) is 8.82. The first-order chi connectivity index (χ1) is 15.7. The molecule has 0 bridgehead atoms. The second-order valence-electron chi connectivity index (χ2n) is 7.33. The minimum absolute atomic E-state index is 0.0215. The SMILES string of the molecule is Cc1nc(NCCNc2nc(-c3ccc(S(C)(=O)=O)cc3)cc3nccn23)ccc1[N+](=O)[O-]. The van der Waals surface area contributed by atoms with Crippen LogP contribution in [0.1, 0.15) is 5.69 Å². The molecule has 0 spiro atoms. The van der Waals surface area contributed by atoms with Crippen LogP contribution in [0.5, 0.6) is 0 Å². The van der Waals surface area contributed by atoms with Crippen LogP contribution in [0.3, 0.4) is 0 Å². The molecule has 0 saturated heterocycles. The summed E-state index contributed by atoms with van der Waals surface area (Å²) in [6.45, 7) is 2.58. The van der Waals surface area contributed by atoms with E-state index < -0.39 is 14.8 Å². The van der Waals surface area contributed by atoms with Gasteiger partial charge in [-0.3, -0.25) is 14.5 Å². The van der Waals surface area contributed by atoms with Crippen LogP contribution in [0.25, 0.3) is 16.9 Å². The lowest BCUT2D eigenvalue weighted by atomic mass is 10.1. The number of pyridine rings is 1. The average molecular weight is 468 g/mol. The first kappa shape index (κ1) is 22.1. The summed E-state index contributed by atoms with van der Waals surface area (Å²) < 4.78 is 25.2. The normalized spacial score (nSPS) is 11.5. The molecule has 0 aliphatic carbocycles. The van der Waals surface area contributed by atoms with E-state index in [0.717, 1.165) is 5.56 Å². The Hall–Kier alpha value is -4.06. The smallest absolute Gasteiger partial charge is 0.290 e. The Balaban J connectivity index is 1.48. The zero-order valence-corrected chi connectivity index (χ0v) is 18.7. The molecule has 0 atom stereocenters. The summed E-state index contributed by atoms with van der Waals surface area (Å²) in [7, 11) is -3.28. The number of aryl methyl sites for hydroxylation is 1. The molecule has 170 valence electrons. The third-order valence-electron chi connectivity index (χ3n) is 4.94. The number of hydrogen-bond acceptors (Lipinski definition) is 9. The molecule has 0 unspecified atom stereocenters. The molecule has 3 aromatic heterocycles. The van der Waals surface area contributed by atoms with Gasteiger partial charge < -0.3 is 10.6 Å². The van der Waals surface area contributed by atoms with E-state index >= 15 is 0 Å². The van der Waals surface area contributed by atoms with Crippen LogP contribution >= 0.6 is 0 Å². The maximum Gasteiger partial charge on any atom is 0.290 e. The molecule has 0 radical (unpaired) electrons. The lowest BCUT2D eigenvalue weighted by Gasteiger charge is -2.12. The zero-order valence-electron chi connectivity index (χ0n) is 17.9. The fraction of sp³-hybridized carbons (Fsp3) is 0.190. The lowest BCUT2D eigenvalue weighted by Crippen LogP contribution is -2.17. The molecule has 2 N–H and O–H groups in total. The molecular weight excluding hydrogens is 446 g/mol. The maximum atomic E-state index is 11.7. The molecule has 0 saturated carbocycles. The molecule has 0 amide bonds. The second-order valence-corrected chi connectivity index (χ2v) is 9.34. The largest absolute Gasteiger partial charge is 0.368 e. The van der Waals surface area contributed by atoms with E-state index in [0.29, 0.717) is 41.9 Å². The van der Waals surface area contributed by atoms with Gasteiger partial charge in [-0.25, -0.2) is 23.4 Å². The Kier molecular flexibility index (Phi) is 5.92. The first-order valence-corrected chi connectivity index (χ1v) is 11.9. The van der Waals surface area contributed by atoms with Gasteiger partial charge in [-0.15, -0.1) is 0 Å². The number of benzene rings is 1. The Labute approximate surface area is 189 Å². The number of fused-ring (bicyclic) bond motifs is 1. The summed E-state index contributed by atoms with van der Waals surface area (Å²) in [6.07, 6.45) is 4.62. The Morgan fingerprint density at radius 2 is 1.79 bits per heavy atom. The van der Waals surface area contributed by atoms with Crippen molar-refractivity contribution in [2.75, 3.05) is 30.0 Å². The Bertz CT molecular complexity index is 1430. The molecule has 0 aliphatic heterocycles. The van der Waals surface area contributed by atoms with Crippen LogP contribution in [0, 0.1) is 17.0 Å². The summed E-state index contributed by atoms with van der Waals surface area (Å²) in [5.41, 5.74) is 2.42. The molecule has 0 aliphatic rings. The number of sulfone groups is 1. The van der Waals surface area contributed by atoms with E-state index in [4.69, 9.17) is 0 Å². The lowest BCUT2D eigenvalue weighted by molar-refractivity contribution is -0.385. The molecule has 3 heterocycles. The van der Waals surface area contributed by atoms with Crippen molar-refractivity contribution in [1.82, 2.24) is 19.4 Å². The van der Waals surface area contributed by atoms with Gasteiger partial charge in [-0.05, 0) is 25.1 Å². The van der Waals surface area contributed by atoms with Gasteiger partial charge in [0.25, 0.3) is 5.69 Å². The average Bonchev–Trinajstić information content (AvgIpc) is 3.25. The highest BCUT2D eigenvalue weighted by molar-refractivity contribution is 7.90. The first-order valence-electron chi connectivity index (χ1n) is 9.97.